The number of amides is 1. The summed E-state index contributed by atoms with van der Waals surface area (Å²) in [6.45, 7) is 7.16. The molecule has 0 spiro atoms. The zero-order valence-corrected chi connectivity index (χ0v) is 18.3. The summed E-state index contributed by atoms with van der Waals surface area (Å²) in [4.78, 5) is 12.7. The van der Waals surface area contributed by atoms with Crippen molar-refractivity contribution in [3.63, 3.8) is 0 Å². The summed E-state index contributed by atoms with van der Waals surface area (Å²) in [6, 6.07) is 20.4. The first kappa shape index (κ1) is 22.2. The van der Waals surface area contributed by atoms with Crippen molar-refractivity contribution in [1.29, 1.82) is 0 Å². The molecule has 5 heteroatoms. The standard InChI is InChI=1S/C26H29NO4/c1-4-6-16-30-24-15-10-20(18-25(24)29-5-2)26(28)27-21-11-13-22(14-12-21)31-23-9-7-8-19(3)17-23/h7-15,17-18H,4-6,16H2,1-3H3,(H,27,28). The SMILES string of the molecule is CCCCOc1ccc(C(=O)Nc2ccc(Oc3cccc(C)c3)cc2)cc1OCC. The maximum atomic E-state index is 12.7. The lowest BCUT2D eigenvalue weighted by molar-refractivity contribution is 0.102. The molecule has 0 unspecified atom stereocenters. The molecule has 3 rings (SSSR count). The summed E-state index contributed by atoms with van der Waals surface area (Å²) in [5.74, 6) is 2.50. The number of rotatable bonds is 10. The van der Waals surface area contributed by atoms with E-state index in [0.717, 1.165) is 24.2 Å². The summed E-state index contributed by atoms with van der Waals surface area (Å²) < 4.78 is 17.3. The molecule has 0 saturated heterocycles. The first-order chi connectivity index (χ1) is 15.1. The van der Waals surface area contributed by atoms with Crippen molar-refractivity contribution >= 4 is 11.6 Å². The lowest BCUT2D eigenvalue weighted by atomic mass is 10.1. The van der Waals surface area contributed by atoms with Gasteiger partial charge >= 0.3 is 0 Å². The molecule has 0 heterocycles. The van der Waals surface area contributed by atoms with E-state index in [0.29, 0.717) is 41.7 Å². The van der Waals surface area contributed by atoms with Crippen LogP contribution >= 0.6 is 0 Å². The lowest BCUT2D eigenvalue weighted by Crippen LogP contribution is -2.12. The van der Waals surface area contributed by atoms with E-state index in [2.05, 4.69) is 12.2 Å². The topological polar surface area (TPSA) is 56.8 Å². The predicted octanol–water partition coefficient (Wildman–Crippen LogP) is 6.62. The first-order valence-corrected chi connectivity index (χ1v) is 10.6. The van der Waals surface area contributed by atoms with Crippen LogP contribution in [0.25, 0.3) is 0 Å². The maximum absolute atomic E-state index is 12.7. The Morgan fingerprint density at radius 3 is 2.39 bits per heavy atom. The minimum atomic E-state index is -0.214. The van der Waals surface area contributed by atoms with Crippen LogP contribution in [0.1, 0.15) is 42.6 Å². The summed E-state index contributed by atoms with van der Waals surface area (Å²) in [6.07, 6.45) is 2.02. The molecule has 0 aromatic heterocycles. The van der Waals surface area contributed by atoms with E-state index in [1.807, 2.05) is 62.4 Å². The molecule has 0 saturated carbocycles. The van der Waals surface area contributed by atoms with E-state index >= 15 is 0 Å². The Morgan fingerprint density at radius 1 is 0.871 bits per heavy atom. The third-order valence-corrected chi connectivity index (χ3v) is 4.60. The third kappa shape index (κ3) is 6.51. The Morgan fingerprint density at radius 2 is 1.68 bits per heavy atom. The Kier molecular flexibility index (Phi) is 7.93. The number of hydrogen-bond donors (Lipinski definition) is 1. The summed E-state index contributed by atoms with van der Waals surface area (Å²) in [5.41, 5.74) is 2.32. The second-order valence-corrected chi connectivity index (χ2v) is 7.19. The average molecular weight is 420 g/mol. The second kappa shape index (κ2) is 11.1. The van der Waals surface area contributed by atoms with Gasteiger partial charge in [0, 0.05) is 11.3 Å². The van der Waals surface area contributed by atoms with Crippen LogP contribution in [0.3, 0.4) is 0 Å². The van der Waals surface area contributed by atoms with Crippen LogP contribution < -0.4 is 19.5 Å². The number of aryl methyl sites for hydroxylation is 1. The van der Waals surface area contributed by atoms with Gasteiger partial charge in [0.15, 0.2) is 11.5 Å². The summed E-state index contributed by atoms with van der Waals surface area (Å²) in [7, 11) is 0. The number of carbonyl (C=O) groups is 1. The predicted molar refractivity (Wildman–Crippen MR) is 124 cm³/mol. The van der Waals surface area contributed by atoms with Crippen molar-refractivity contribution < 1.29 is 19.0 Å². The zero-order valence-electron chi connectivity index (χ0n) is 18.3. The summed E-state index contributed by atoms with van der Waals surface area (Å²) >= 11 is 0. The quantitative estimate of drug-likeness (QED) is 0.375. The molecule has 162 valence electrons. The van der Waals surface area contributed by atoms with Gasteiger partial charge in [0.1, 0.15) is 11.5 Å². The minimum Gasteiger partial charge on any atom is -0.490 e. The van der Waals surface area contributed by atoms with Gasteiger partial charge in [-0.15, -0.1) is 0 Å². The third-order valence-electron chi connectivity index (χ3n) is 4.60. The van der Waals surface area contributed by atoms with E-state index in [1.165, 1.54) is 0 Å². The van der Waals surface area contributed by atoms with Crippen molar-refractivity contribution in [2.75, 3.05) is 18.5 Å². The molecule has 1 amide bonds. The smallest absolute Gasteiger partial charge is 0.255 e. The highest BCUT2D eigenvalue weighted by Crippen LogP contribution is 2.29. The van der Waals surface area contributed by atoms with Gasteiger partial charge in [-0.2, -0.15) is 0 Å². The molecule has 0 aliphatic carbocycles. The van der Waals surface area contributed by atoms with Crippen LogP contribution in [0.4, 0.5) is 5.69 Å². The number of benzene rings is 3. The fourth-order valence-corrected chi connectivity index (χ4v) is 2.99. The van der Waals surface area contributed by atoms with Gasteiger partial charge in [-0.1, -0.05) is 25.5 Å². The van der Waals surface area contributed by atoms with Gasteiger partial charge in [0.25, 0.3) is 5.91 Å². The molecule has 0 radical (unpaired) electrons. The number of unbranched alkanes of at least 4 members (excludes halogenated alkanes) is 1. The maximum Gasteiger partial charge on any atom is 0.255 e. The molecule has 3 aromatic rings. The van der Waals surface area contributed by atoms with Gasteiger partial charge < -0.3 is 19.5 Å². The fraction of sp³-hybridized carbons (Fsp3) is 0.269. The van der Waals surface area contributed by atoms with E-state index in [-0.39, 0.29) is 5.91 Å². The van der Waals surface area contributed by atoms with Crippen molar-refractivity contribution in [3.8, 4) is 23.0 Å². The van der Waals surface area contributed by atoms with Gasteiger partial charge in [0.2, 0.25) is 0 Å². The number of anilines is 1. The van der Waals surface area contributed by atoms with Gasteiger partial charge in [-0.25, -0.2) is 0 Å². The van der Waals surface area contributed by atoms with E-state index in [4.69, 9.17) is 14.2 Å². The highest BCUT2D eigenvalue weighted by atomic mass is 16.5. The first-order valence-electron chi connectivity index (χ1n) is 10.6. The van der Waals surface area contributed by atoms with Crippen LogP contribution in [0, 0.1) is 6.92 Å². The van der Waals surface area contributed by atoms with Crippen LogP contribution in [0.5, 0.6) is 23.0 Å². The number of hydrogen-bond acceptors (Lipinski definition) is 4. The number of ether oxygens (including phenoxy) is 3. The largest absolute Gasteiger partial charge is 0.490 e. The van der Waals surface area contributed by atoms with E-state index in [9.17, 15) is 4.79 Å². The molecule has 5 nitrogen and oxygen atoms in total. The fourth-order valence-electron chi connectivity index (χ4n) is 2.99. The molecular weight excluding hydrogens is 390 g/mol. The van der Waals surface area contributed by atoms with Crippen molar-refractivity contribution in [2.45, 2.75) is 33.6 Å². The molecule has 0 bridgehead atoms. The average Bonchev–Trinajstić information content (AvgIpc) is 2.76. The molecule has 0 atom stereocenters. The Balaban J connectivity index is 1.65. The Hall–Kier alpha value is -3.47. The minimum absolute atomic E-state index is 0.214. The van der Waals surface area contributed by atoms with Crippen molar-refractivity contribution in [1.82, 2.24) is 0 Å². The molecule has 0 aliphatic rings. The molecule has 3 aromatic carbocycles. The van der Waals surface area contributed by atoms with Crippen LogP contribution in [0.2, 0.25) is 0 Å². The van der Waals surface area contributed by atoms with Gasteiger partial charge in [0.05, 0.1) is 13.2 Å². The van der Waals surface area contributed by atoms with Crippen LogP contribution in [-0.4, -0.2) is 19.1 Å². The number of carbonyl (C=O) groups excluding carboxylic acids is 1. The summed E-state index contributed by atoms with van der Waals surface area (Å²) in [5, 5.41) is 2.91. The van der Waals surface area contributed by atoms with Gasteiger partial charge in [-0.3, -0.25) is 4.79 Å². The molecule has 0 aliphatic heterocycles. The normalized spacial score (nSPS) is 10.4. The molecule has 31 heavy (non-hydrogen) atoms. The van der Waals surface area contributed by atoms with Gasteiger partial charge in [-0.05, 0) is 80.4 Å². The van der Waals surface area contributed by atoms with Crippen molar-refractivity contribution in [3.05, 3.63) is 77.9 Å². The van der Waals surface area contributed by atoms with E-state index in [1.54, 1.807) is 18.2 Å². The Labute approximate surface area is 184 Å². The second-order valence-electron chi connectivity index (χ2n) is 7.19. The molecular formula is C26H29NO4. The van der Waals surface area contributed by atoms with Crippen molar-refractivity contribution in [2.24, 2.45) is 0 Å². The highest BCUT2D eigenvalue weighted by molar-refractivity contribution is 6.04. The number of nitrogens with one attached hydrogen (secondary N) is 1. The zero-order chi connectivity index (χ0) is 22.1. The monoisotopic (exact) mass is 419 g/mol. The lowest BCUT2D eigenvalue weighted by Gasteiger charge is -2.13. The molecule has 0 fully saturated rings. The van der Waals surface area contributed by atoms with Crippen LogP contribution in [-0.2, 0) is 0 Å². The highest BCUT2D eigenvalue weighted by Gasteiger charge is 2.12. The Bertz CT molecular complexity index is 999. The van der Waals surface area contributed by atoms with Crippen LogP contribution in [0.15, 0.2) is 66.7 Å². The van der Waals surface area contributed by atoms with E-state index < -0.39 is 0 Å². The molecule has 1 N–H and O–H groups in total.